The molecule has 1 heterocycles. The Kier molecular flexibility index (Phi) is 1.66. The topological polar surface area (TPSA) is 15.8 Å². The van der Waals surface area contributed by atoms with Gasteiger partial charge in [-0.1, -0.05) is 29.2 Å². The fourth-order valence-electron chi connectivity index (χ4n) is 2.12. The van der Waals surface area contributed by atoms with E-state index >= 15 is 0 Å². The zero-order chi connectivity index (χ0) is 10.4. The Hall–Kier alpha value is -1.70. The average molecular weight is 193 g/mol. The third-order valence-electron chi connectivity index (χ3n) is 2.91. The first-order valence-electron chi connectivity index (χ1n) is 5.23. The van der Waals surface area contributed by atoms with E-state index in [0.29, 0.717) is 0 Å². The number of nitrogens with one attached hydrogen (secondary N) is 1. The number of rotatable bonds is 0. The van der Waals surface area contributed by atoms with E-state index in [1.54, 1.807) is 0 Å². The Morgan fingerprint density at radius 3 is 2.40 bits per heavy atom. The predicted octanol–water partition coefficient (Wildman–Crippen LogP) is 1.89. The van der Waals surface area contributed by atoms with E-state index in [4.69, 9.17) is 0 Å². The van der Waals surface area contributed by atoms with Crippen LogP contribution in [0.15, 0.2) is 36.4 Å². The molecule has 2 heteroatoms. The lowest BCUT2D eigenvalue weighted by Gasteiger charge is -1.94. The number of hydrogen-bond acceptors (Lipinski definition) is 0. The highest BCUT2D eigenvalue weighted by Gasteiger charge is 2.03. The standard InChI is InChI=1S/C13H12BN/c1-8-2-4-12-10(6-8)11-7-9(14)3-5-13(11)15-12/h2-7,15H,14H2,1H3. The Labute approximate surface area is 89.5 Å². The average Bonchev–Trinajstić information content (AvgIpc) is 2.56. The smallest absolute Gasteiger partial charge is 0.139 e. The van der Waals surface area contributed by atoms with Crippen molar-refractivity contribution in [3.63, 3.8) is 0 Å². The summed E-state index contributed by atoms with van der Waals surface area (Å²) in [6.07, 6.45) is 0. The van der Waals surface area contributed by atoms with Crippen LogP contribution in [0.5, 0.6) is 0 Å². The third kappa shape index (κ3) is 1.25. The van der Waals surface area contributed by atoms with Gasteiger partial charge in [-0.15, -0.1) is 0 Å². The fourth-order valence-corrected chi connectivity index (χ4v) is 2.12. The van der Waals surface area contributed by atoms with E-state index in [9.17, 15) is 0 Å². The molecule has 15 heavy (non-hydrogen) atoms. The minimum Gasteiger partial charge on any atom is -0.355 e. The predicted molar refractivity (Wildman–Crippen MR) is 68.7 cm³/mol. The van der Waals surface area contributed by atoms with Crippen molar-refractivity contribution in [3.05, 3.63) is 42.0 Å². The summed E-state index contributed by atoms with van der Waals surface area (Å²) in [7, 11) is 2.13. The highest BCUT2D eigenvalue weighted by molar-refractivity contribution is 6.33. The van der Waals surface area contributed by atoms with E-state index < -0.39 is 0 Å². The summed E-state index contributed by atoms with van der Waals surface area (Å²) in [5.74, 6) is 0. The molecule has 0 saturated heterocycles. The van der Waals surface area contributed by atoms with Crippen molar-refractivity contribution in [2.45, 2.75) is 6.92 Å². The van der Waals surface area contributed by atoms with Crippen LogP contribution in [0.1, 0.15) is 5.56 Å². The number of benzene rings is 2. The van der Waals surface area contributed by atoms with Crippen LogP contribution >= 0.6 is 0 Å². The number of aromatic nitrogens is 1. The van der Waals surface area contributed by atoms with Gasteiger partial charge in [0.25, 0.3) is 0 Å². The lowest BCUT2D eigenvalue weighted by atomic mass is 9.94. The molecule has 2 aromatic carbocycles. The molecule has 3 rings (SSSR count). The number of hydrogen-bond donors (Lipinski definition) is 1. The van der Waals surface area contributed by atoms with E-state index in [1.165, 1.54) is 32.8 Å². The molecule has 0 aliphatic heterocycles. The maximum absolute atomic E-state index is 3.43. The molecule has 0 spiro atoms. The van der Waals surface area contributed by atoms with Gasteiger partial charge in [-0.05, 0) is 25.1 Å². The van der Waals surface area contributed by atoms with Gasteiger partial charge >= 0.3 is 0 Å². The number of H-pyrrole nitrogens is 1. The first-order chi connectivity index (χ1) is 7.24. The highest BCUT2D eigenvalue weighted by Crippen LogP contribution is 2.24. The Morgan fingerprint density at radius 2 is 1.60 bits per heavy atom. The van der Waals surface area contributed by atoms with Crippen LogP contribution in [0.25, 0.3) is 21.8 Å². The Bertz CT molecular complexity index is 596. The quantitative estimate of drug-likeness (QED) is 0.524. The van der Waals surface area contributed by atoms with Crippen molar-refractivity contribution in [3.8, 4) is 0 Å². The molecule has 0 aliphatic carbocycles. The van der Waals surface area contributed by atoms with E-state index in [1.807, 2.05) is 0 Å². The molecular weight excluding hydrogens is 181 g/mol. The van der Waals surface area contributed by atoms with Gasteiger partial charge in [0, 0.05) is 21.8 Å². The van der Waals surface area contributed by atoms with Crippen molar-refractivity contribution >= 4 is 35.1 Å². The van der Waals surface area contributed by atoms with E-state index in [0.717, 1.165) is 0 Å². The molecule has 1 aromatic heterocycles. The summed E-state index contributed by atoms with van der Waals surface area (Å²) in [5.41, 5.74) is 5.07. The second kappa shape index (κ2) is 2.90. The second-order valence-corrected chi connectivity index (χ2v) is 4.22. The molecule has 0 saturated carbocycles. The van der Waals surface area contributed by atoms with Crippen LogP contribution in [0.3, 0.4) is 0 Å². The summed E-state index contributed by atoms with van der Waals surface area (Å²) in [6, 6.07) is 13.1. The van der Waals surface area contributed by atoms with Crippen LogP contribution in [-0.4, -0.2) is 12.8 Å². The van der Waals surface area contributed by atoms with Gasteiger partial charge in [0.2, 0.25) is 0 Å². The number of aromatic amines is 1. The van der Waals surface area contributed by atoms with Crippen molar-refractivity contribution in [1.82, 2.24) is 4.98 Å². The molecular formula is C13H12BN. The van der Waals surface area contributed by atoms with E-state index in [-0.39, 0.29) is 0 Å². The van der Waals surface area contributed by atoms with Gasteiger partial charge in [0.1, 0.15) is 7.85 Å². The molecule has 0 bridgehead atoms. The van der Waals surface area contributed by atoms with Gasteiger partial charge in [-0.3, -0.25) is 0 Å². The van der Waals surface area contributed by atoms with Crippen LogP contribution < -0.4 is 5.46 Å². The van der Waals surface area contributed by atoms with Gasteiger partial charge < -0.3 is 4.98 Å². The lowest BCUT2D eigenvalue weighted by Crippen LogP contribution is -1.98. The fraction of sp³-hybridized carbons (Fsp3) is 0.0769. The minimum absolute atomic E-state index is 1.22. The van der Waals surface area contributed by atoms with Gasteiger partial charge in [-0.2, -0.15) is 0 Å². The second-order valence-electron chi connectivity index (χ2n) is 4.22. The van der Waals surface area contributed by atoms with E-state index in [2.05, 4.69) is 56.2 Å². The van der Waals surface area contributed by atoms with Crippen molar-refractivity contribution < 1.29 is 0 Å². The zero-order valence-corrected chi connectivity index (χ0v) is 8.96. The summed E-state index contributed by atoms with van der Waals surface area (Å²) < 4.78 is 0. The first kappa shape index (κ1) is 8.60. The molecule has 0 atom stereocenters. The molecule has 1 nitrogen and oxygen atoms in total. The zero-order valence-electron chi connectivity index (χ0n) is 8.96. The first-order valence-corrected chi connectivity index (χ1v) is 5.23. The molecule has 0 radical (unpaired) electrons. The normalized spacial score (nSPS) is 11.3. The maximum Gasteiger partial charge on any atom is 0.139 e. The molecule has 0 aliphatic rings. The SMILES string of the molecule is Bc1ccc2[nH]c3ccc(C)cc3c2c1. The highest BCUT2D eigenvalue weighted by atomic mass is 14.7. The summed E-state index contributed by atoms with van der Waals surface area (Å²) in [5, 5.41) is 2.66. The Balaban J connectivity index is 2.55. The molecule has 1 N–H and O–H groups in total. The van der Waals surface area contributed by atoms with Gasteiger partial charge in [0.05, 0.1) is 0 Å². The lowest BCUT2D eigenvalue weighted by molar-refractivity contribution is 1.49. The molecule has 0 unspecified atom stereocenters. The van der Waals surface area contributed by atoms with Crippen LogP contribution in [0.4, 0.5) is 0 Å². The summed E-state index contributed by atoms with van der Waals surface area (Å²) in [4.78, 5) is 3.43. The minimum atomic E-state index is 1.22. The summed E-state index contributed by atoms with van der Waals surface area (Å²) >= 11 is 0. The molecule has 0 amide bonds. The van der Waals surface area contributed by atoms with Crippen LogP contribution in [0, 0.1) is 6.92 Å². The summed E-state index contributed by atoms with van der Waals surface area (Å²) in [6.45, 7) is 2.13. The monoisotopic (exact) mass is 193 g/mol. The van der Waals surface area contributed by atoms with Crippen molar-refractivity contribution in [2.24, 2.45) is 0 Å². The van der Waals surface area contributed by atoms with Crippen molar-refractivity contribution in [2.75, 3.05) is 0 Å². The molecule has 72 valence electrons. The largest absolute Gasteiger partial charge is 0.355 e. The van der Waals surface area contributed by atoms with Gasteiger partial charge in [-0.25, -0.2) is 0 Å². The van der Waals surface area contributed by atoms with Crippen LogP contribution in [-0.2, 0) is 0 Å². The number of fused-ring (bicyclic) bond motifs is 3. The van der Waals surface area contributed by atoms with Crippen molar-refractivity contribution in [1.29, 1.82) is 0 Å². The number of aryl methyl sites for hydroxylation is 1. The maximum atomic E-state index is 3.43. The third-order valence-corrected chi connectivity index (χ3v) is 2.91. The van der Waals surface area contributed by atoms with Crippen LogP contribution in [0.2, 0.25) is 0 Å². The molecule has 0 fully saturated rings. The van der Waals surface area contributed by atoms with Gasteiger partial charge in [0.15, 0.2) is 0 Å². The Morgan fingerprint density at radius 1 is 0.933 bits per heavy atom. The molecule has 3 aromatic rings.